The number of rotatable bonds is 4. The summed E-state index contributed by atoms with van der Waals surface area (Å²) in [7, 11) is 0. The molecule has 86 valence electrons. The van der Waals surface area contributed by atoms with E-state index in [4.69, 9.17) is 4.52 Å². The van der Waals surface area contributed by atoms with Gasteiger partial charge in [-0.15, -0.1) is 0 Å². The third-order valence-electron chi connectivity index (χ3n) is 2.75. The second kappa shape index (κ2) is 4.08. The quantitative estimate of drug-likeness (QED) is 0.797. The number of carbonyl (C=O) groups excluding carboxylic acids is 1. The van der Waals surface area contributed by atoms with E-state index in [1.807, 2.05) is 6.07 Å². The molecule has 0 saturated heterocycles. The van der Waals surface area contributed by atoms with E-state index in [2.05, 4.69) is 15.1 Å². The predicted molar refractivity (Wildman–Crippen MR) is 59.0 cm³/mol. The lowest BCUT2D eigenvalue weighted by molar-refractivity contribution is -0.119. The van der Waals surface area contributed by atoms with Gasteiger partial charge >= 0.3 is 0 Å². The molecule has 3 rings (SSSR count). The molecule has 0 amide bonds. The molecular weight excluding hydrogens is 218 g/mol. The van der Waals surface area contributed by atoms with Crippen LogP contribution in [-0.2, 0) is 11.2 Å². The number of ketones is 1. The molecular formula is C12H11N3O2. The van der Waals surface area contributed by atoms with Gasteiger partial charge in [-0.1, -0.05) is 5.16 Å². The number of pyridine rings is 1. The van der Waals surface area contributed by atoms with Crippen molar-refractivity contribution in [2.75, 3.05) is 0 Å². The van der Waals surface area contributed by atoms with Crippen molar-refractivity contribution >= 4 is 5.78 Å². The molecule has 0 aliphatic heterocycles. The van der Waals surface area contributed by atoms with E-state index in [0.29, 0.717) is 11.7 Å². The maximum absolute atomic E-state index is 11.6. The third kappa shape index (κ3) is 2.22. The minimum absolute atomic E-state index is 0.200. The summed E-state index contributed by atoms with van der Waals surface area (Å²) >= 11 is 0. The summed E-state index contributed by atoms with van der Waals surface area (Å²) in [5, 5.41) is 3.84. The van der Waals surface area contributed by atoms with Crippen molar-refractivity contribution in [3.63, 3.8) is 0 Å². The van der Waals surface area contributed by atoms with E-state index in [1.165, 1.54) is 0 Å². The third-order valence-corrected chi connectivity index (χ3v) is 2.75. The van der Waals surface area contributed by atoms with Gasteiger partial charge in [-0.25, -0.2) is 0 Å². The Morgan fingerprint density at radius 2 is 2.35 bits per heavy atom. The van der Waals surface area contributed by atoms with Gasteiger partial charge in [0.1, 0.15) is 5.78 Å². The molecule has 0 aromatic carbocycles. The van der Waals surface area contributed by atoms with Gasteiger partial charge in [0.2, 0.25) is 11.7 Å². The Balaban J connectivity index is 1.76. The summed E-state index contributed by atoms with van der Waals surface area (Å²) in [5.41, 5.74) is 0.793. The Labute approximate surface area is 97.9 Å². The normalized spacial score (nSPS) is 14.8. The van der Waals surface area contributed by atoms with Gasteiger partial charge in [0.05, 0.1) is 6.42 Å². The Hall–Kier alpha value is -2.04. The first kappa shape index (κ1) is 10.1. The minimum Gasteiger partial charge on any atom is -0.338 e. The monoisotopic (exact) mass is 229 g/mol. The SMILES string of the molecule is O=C(Cc1nc(-c2cccnc2)no1)C1CC1. The topological polar surface area (TPSA) is 68.9 Å². The second-order valence-corrected chi connectivity index (χ2v) is 4.17. The molecule has 2 aromatic heterocycles. The van der Waals surface area contributed by atoms with Crippen LogP contribution >= 0.6 is 0 Å². The number of aromatic nitrogens is 3. The Kier molecular flexibility index (Phi) is 2.44. The predicted octanol–water partition coefficient (Wildman–Crippen LogP) is 1.65. The second-order valence-electron chi connectivity index (χ2n) is 4.17. The van der Waals surface area contributed by atoms with Gasteiger partial charge in [-0.05, 0) is 25.0 Å². The van der Waals surface area contributed by atoms with Crippen molar-refractivity contribution in [2.45, 2.75) is 19.3 Å². The molecule has 0 spiro atoms. The molecule has 17 heavy (non-hydrogen) atoms. The Bertz CT molecular complexity index is 532. The zero-order valence-corrected chi connectivity index (χ0v) is 9.17. The van der Waals surface area contributed by atoms with Gasteiger partial charge in [-0.3, -0.25) is 9.78 Å². The van der Waals surface area contributed by atoms with E-state index in [1.54, 1.807) is 18.5 Å². The van der Waals surface area contributed by atoms with Gasteiger partial charge in [0.15, 0.2) is 0 Å². The molecule has 5 heteroatoms. The van der Waals surface area contributed by atoms with E-state index >= 15 is 0 Å². The Morgan fingerprint density at radius 1 is 1.47 bits per heavy atom. The smallest absolute Gasteiger partial charge is 0.234 e. The molecule has 2 aromatic rings. The molecule has 2 heterocycles. The van der Waals surface area contributed by atoms with Crippen molar-refractivity contribution in [1.82, 2.24) is 15.1 Å². The highest BCUT2D eigenvalue weighted by molar-refractivity contribution is 5.84. The molecule has 0 bridgehead atoms. The first-order valence-corrected chi connectivity index (χ1v) is 5.58. The van der Waals surface area contributed by atoms with Crippen LogP contribution in [0.2, 0.25) is 0 Å². The van der Waals surface area contributed by atoms with Crippen molar-refractivity contribution in [3.8, 4) is 11.4 Å². The lowest BCUT2D eigenvalue weighted by atomic mass is 10.2. The first-order valence-electron chi connectivity index (χ1n) is 5.58. The molecule has 1 aliphatic carbocycles. The van der Waals surface area contributed by atoms with Crippen LogP contribution in [0.4, 0.5) is 0 Å². The maximum Gasteiger partial charge on any atom is 0.234 e. The van der Waals surface area contributed by atoms with Gasteiger partial charge in [0.25, 0.3) is 0 Å². The average molecular weight is 229 g/mol. The van der Waals surface area contributed by atoms with Crippen LogP contribution in [0.15, 0.2) is 29.0 Å². The summed E-state index contributed by atoms with van der Waals surface area (Å²) in [6.07, 6.45) is 5.60. The zero-order valence-electron chi connectivity index (χ0n) is 9.17. The fraction of sp³-hybridized carbons (Fsp3) is 0.333. The lowest BCUT2D eigenvalue weighted by Crippen LogP contribution is -2.04. The number of nitrogens with zero attached hydrogens (tertiary/aromatic N) is 3. The molecule has 0 unspecified atom stereocenters. The van der Waals surface area contributed by atoms with E-state index in [-0.39, 0.29) is 18.1 Å². The number of carbonyl (C=O) groups is 1. The highest BCUT2D eigenvalue weighted by Gasteiger charge is 2.30. The van der Waals surface area contributed by atoms with Crippen LogP contribution in [0.25, 0.3) is 11.4 Å². The minimum atomic E-state index is 0.200. The molecule has 5 nitrogen and oxygen atoms in total. The number of hydrogen-bond donors (Lipinski definition) is 0. The molecule has 0 radical (unpaired) electrons. The number of Topliss-reactive ketones (excluding diaryl/α,β-unsaturated/α-hetero) is 1. The molecule has 1 fully saturated rings. The maximum atomic E-state index is 11.6. The molecule has 0 N–H and O–H groups in total. The van der Waals surface area contributed by atoms with Crippen molar-refractivity contribution in [2.24, 2.45) is 5.92 Å². The Morgan fingerprint density at radius 3 is 3.06 bits per heavy atom. The van der Waals surface area contributed by atoms with E-state index in [0.717, 1.165) is 18.4 Å². The van der Waals surface area contributed by atoms with Crippen molar-refractivity contribution in [1.29, 1.82) is 0 Å². The van der Waals surface area contributed by atoms with Crippen LogP contribution in [0, 0.1) is 5.92 Å². The van der Waals surface area contributed by atoms with Crippen LogP contribution < -0.4 is 0 Å². The summed E-state index contributed by atoms with van der Waals surface area (Å²) in [5.74, 6) is 1.30. The summed E-state index contributed by atoms with van der Waals surface area (Å²) in [4.78, 5) is 19.8. The summed E-state index contributed by atoms with van der Waals surface area (Å²) < 4.78 is 5.06. The van der Waals surface area contributed by atoms with Crippen LogP contribution in [0.1, 0.15) is 18.7 Å². The molecule has 0 atom stereocenters. The van der Waals surface area contributed by atoms with Gasteiger partial charge in [-0.2, -0.15) is 4.98 Å². The van der Waals surface area contributed by atoms with Crippen molar-refractivity contribution in [3.05, 3.63) is 30.4 Å². The van der Waals surface area contributed by atoms with Crippen molar-refractivity contribution < 1.29 is 9.32 Å². The van der Waals surface area contributed by atoms with E-state index < -0.39 is 0 Å². The van der Waals surface area contributed by atoms with Crippen LogP contribution in [0.5, 0.6) is 0 Å². The van der Waals surface area contributed by atoms with Gasteiger partial charge in [0, 0.05) is 23.9 Å². The van der Waals surface area contributed by atoms with E-state index in [9.17, 15) is 4.79 Å². The standard InChI is InChI=1S/C12H11N3O2/c16-10(8-3-4-8)6-11-14-12(15-17-11)9-2-1-5-13-7-9/h1-2,5,7-8H,3-4,6H2. The zero-order chi connectivity index (χ0) is 11.7. The number of hydrogen-bond acceptors (Lipinski definition) is 5. The molecule has 1 saturated carbocycles. The van der Waals surface area contributed by atoms with Crippen LogP contribution in [-0.4, -0.2) is 20.9 Å². The summed E-state index contributed by atoms with van der Waals surface area (Å²) in [6, 6.07) is 3.66. The fourth-order valence-corrected chi connectivity index (χ4v) is 1.64. The van der Waals surface area contributed by atoms with Crippen LogP contribution in [0.3, 0.4) is 0 Å². The summed E-state index contributed by atoms with van der Waals surface area (Å²) in [6.45, 7) is 0. The lowest BCUT2D eigenvalue weighted by Gasteiger charge is -1.91. The largest absolute Gasteiger partial charge is 0.338 e. The highest BCUT2D eigenvalue weighted by Crippen LogP contribution is 2.30. The average Bonchev–Trinajstić information content (AvgIpc) is 3.12. The first-order chi connectivity index (χ1) is 8.33. The molecule has 1 aliphatic rings. The highest BCUT2D eigenvalue weighted by atomic mass is 16.5. The van der Waals surface area contributed by atoms with Gasteiger partial charge < -0.3 is 4.52 Å². The fourth-order valence-electron chi connectivity index (χ4n) is 1.64.